The van der Waals surface area contributed by atoms with E-state index in [1.807, 2.05) is 0 Å². The van der Waals surface area contributed by atoms with Gasteiger partial charge in [0, 0.05) is 6.54 Å². The van der Waals surface area contributed by atoms with Gasteiger partial charge in [-0.2, -0.15) is 0 Å². The molecule has 1 saturated carbocycles. The minimum Gasteiger partial charge on any atom is -0.312 e. The first kappa shape index (κ1) is 12.5. The fraction of sp³-hybridized carbons (Fsp3) is 0.571. The van der Waals surface area contributed by atoms with Crippen molar-refractivity contribution in [3.05, 3.63) is 35.4 Å². The fourth-order valence-corrected chi connectivity index (χ4v) is 2.58. The average Bonchev–Trinajstić information content (AvgIpc) is 2.70. The summed E-state index contributed by atoms with van der Waals surface area (Å²) < 4.78 is 25.7. The smallest absolute Gasteiger partial charge is 0.159 e. The van der Waals surface area contributed by atoms with Crippen molar-refractivity contribution in [2.24, 2.45) is 11.8 Å². The molecule has 1 fully saturated rings. The van der Waals surface area contributed by atoms with Crippen molar-refractivity contribution in [2.45, 2.75) is 32.7 Å². The van der Waals surface area contributed by atoms with Gasteiger partial charge in [0.15, 0.2) is 11.6 Å². The van der Waals surface area contributed by atoms with Crippen molar-refractivity contribution in [3.63, 3.8) is 0 Å². The highest BCUT2D eigenvalue weighted by atomic mass is 19.2. The first-order valence-electron chi connectivity index (χ1n) is 6.31. The maximum atomic E-state index is 13.0. The minimum atomic E-state index is -0.779. The third-order valence-electron chi connectivity index (χ3n) is 3.76. The number of halogens is 2. The van der Waals surface area contributed by atoms with Gasteiger partial charge >= 0.3 is 0 Å². The summed E-state index contributed by atoms with van der Waals surface area (Å²) in [4.78, 5) is 0. The molecule has 0 heterocycles. The third-order valence-corrected chi connectivity index (χ3v) is 3.76. The Morgan fingerprint density at radius 2 is 2.06 bits per heavy atom. The lowest BCUT2D eigenvalue weighted by Gasteiger charge is -2.15. The number of hydrogen-bond acceptors (Lipinski definition) is 1. The summed E-state index contributed by atoms with van der Waals surface area (Å²) >= 11 is 0. The maximum Gasteiger partial charge on any atom is 0.159 e. The minimum absolute atomic E-state index is 0.612. The second-order valence-electron chi connectivity index (χ2n) is 5.05. The first-order chi connectivity index (χ1) is 8.16. The van der Waals surface area contributed by atoms with E-state index in [4.69, 9.17) is 0 Å². The molecule has 94 valence electrons. The lowest BCUT2D eigenvalue weighted by atomic mass is 9.98. The lowest BCUT2D eigenvalue weighted by Crippen LogP contribution is -2.24. The van der Waals surface area contributed by atoms with Crippen LogP contribution in [0.2, 0.25) is 0 Å². The number of benzene rings is 1. The van der Waals surface area contributed by atoms with Crippen LogP contribution in [-0.2, 0) is 6.54 Å². The summed E-state index contributed by atoms with van der Waals surface area (Å²) in [6, 6.07) is 4.08. The van der Waals surface area contributed by atoms with Crippen LogP contribution in [0.15, 0.2) is 18.2 Å². The van der Waals surface area contributed by atoms with Crippen LogP contribution in [0.3, 0.4) is 0 Å². The summed E-state index contributed by atoms with van der Waals surface area (Å²) in [5.74, 6) is -0.0237. The highest BCUT2D eigenvalue weighted by Crippen LogP contribution is 2.30. The van der Waals surface area contributed by atoms with Crippen LogP contribution in [0.5, 0.6) is 0 Å². The maximum absolute atomic E-state index is 13.0. The highest BCUT2D eigenvalue weighted by molar-refractivity contribution is 5.17. The van der Waals surface area contributed by atoms with E-state index in [0.717, 1.165) is 23.9 Å². The molecule has 2 atom stereocenters. The monoisotopic (exact) mass is 239 g/mol. The van der Waals surface area contributed by atoms with Gasteiger partial charge in [0.05, 0.1) is 0 Å². The fourth-order valence-electron chi connectivity index (χ4n) is 2.58. The predicted octanol–water partition coefficient (Wildman–Crippen LogP) is 3.49. The molecule has 1 aliphatic carbocycles. The van der Waals surface area contributed by atoms with E-state index in [9.17, 15) is 8.78 Å². The molecule has 3 heteroatoms. The Hall–Kier alpha value is -0.960. The van der Waals surface area contributed by atoms with Crippen molar-refractivity contribution in [1.82, 2.24) is 5.32 Å². The molecule has 17 heavy (non-hydrogen) atoms. The van der Waals surface area contributed by atoms with Gasteiger partial charge in [-0.25, -0.2) is 8.78 Å². The standard InChI is InChI=1S/C14H19F2N/c1-10-3-2-4-12(10)9-17-8-11-5-6-13(15)14(16)7-11/h5-7,10,12,17H,2-4,8-9H2,1H3. The molecule has 0 bridgehead atoms. The lowest BCUT2D eigenvalue weighted by molar-refractivity contribution is 0.391. The Morgan fingerprint density at radius 3 is 2.71 bits per heavy atom. The average molecular weight is 239 g/mol. The van der Waals surface area contributed by atoms with Crippen molar-refractivity contribution in [1.29, 1.82) is 0 Å². The van der Waals surface area contributed by atoms with E-state index in [0.29, 0.717) is 6.54 Å². The zero-order valence-corrected chi connectivity index (χ0v) is 10.2. The molecule has 1 aromatic rings. The Labute approximate surface area is 101 Å². The van der Waals surface area contributed by atoms with Crippen LogP contribution in [0.1, 0.15) is 31.7 Å². The second-order valence-corrected chi connectivity index (χ2v) is 5.05. The summed E-state index contributed by atoms with van der Waals surface area (Å²) in [6.07, 6.45) is 3.92. The molecule has 1 aliphatic rings. The van der Waals surface area contributed by atoms with Gasteiger partial charge in [0.2, 0.25) is 0 Å². The van der Waals surface area contributed by atoms with Gasteiger partial charge in [0.25, 0.3) is 0 Å². The molecule has 2 rings (SSSR count). The summed E-state index contributed by atoms with van der Waals surface area (Å²) in [5.41, 5.74) is 0.801. The van der Waals surface area contributed by atoms with Crippen molar-refractivity contribution >= 4 is 0 Å². The van der Waals surface area contributed by atoms with Crippen LogP contribution in [0.4, 0.5) is 8.78 Å². The summed E-state index contributed by atoms with van der Waals surface area (Å²) in [7, 11) is 0. The molecule has 2 unspecified atom stereocenters. The van der Waals surface area contributed by atoms with E-state index in [-0.39, 0.29) is 0 Å². The molecule has 0 saturated heterocycles. The molecule has 0 aromatic heterocycles. The van der Waals surface area contributed by atoms with Crippen LogP contribution in [0, 0.1) is 23.5 Å². The molecule has 0 spiro atoms. The molecule has 1 aromatic carbocycles. The predicted molar refractivity (Wildman–Crippen MR) is 64.6 cm³/mol. The van der Waals surface area contributed by atoms with Gasteiger partial charge < -0.3 is 5.32 Å². The van der Waals surface area contributed by atoms with Crippen LogP contribution >= 0.6 is 0 Å². The first-order valence-corrected chi connectivity index (χ1v) is 6.31. The zero-order valence-electron chi connectivity index (χ0n) is 10.2. The Balaban J connectivity index is 1.79. The molecule has 0 amide bonds. The van der Waals surface area contributed by atoms with Crippen molar-refractivity contribution in [2.75, 3.05) is 6.54 Å². The molecular weight excluding hydrogens is 220 g/mol. The van der Waals surface area contributed by atoms with E-state index >= 15 is 0 Å². The van der Waals surface area contributed by atoms with Gasteiger partial charge in [0.1, 0.15) is 0 Å². The Morgan fingerprint density at radius 1 is 1.24 bits per heavy atom. The largest absolute Gasteiger partial charge is 0.312 e. The molecule has 0 aliphatic heterocycles. The normalized spacial score (nSPS) is 24.2. The van der Waals surface area contributed by atoms with Crippen molar-refractivity contribution in [3.8, 4) is 0 Å². The topological polar surface area (TPSA) is 12.0 Å². The van der Waals surface area contributed by atoms with Gasteiger partial charge in [-0.1, -0.05) is 25.8 Å². The van der Waals surface area contributed by atoms with E-state index in [1.54, 1.807) is 6.07 Å². The summed E-state index contributed by atoms with van der Waals surface area (Å²) in [6.45, 7) is 3.87. The Bertz CT molecular complexity index is 378. The number of nitrogens with one attached hydrogen (secondary N) is 1. The molecule has 1 nitrogen and oxygen atoms in total. The number of hydrogen-bond donors (Lipinski definition) is 1. The zero-order chi connectivity index (χ0) is 12.3. The van der Waals surface area contributed by atoms with Crippen LogP contribution < -0.4 is 5.32 Å². The van der Waals surface area contributed by atoms with E-state index in [2.05, 4.69) is 12.2 Å². The Kier molecular flexibility index (Phi) is 4.11. The molecular formula is C14H19F2N. The highest BCUT2D eigenvalue weighted by Gasteiger charge is 2.22. The van der Waals surface area contributed by atoms with E-state index < -0.39 is 11.6 Å². The van der Waals surface area contributed by atoms with Crippen LogP contribution in [-0.4, -0.2) is 6.54 Å². The molecule has 1 N–H and O–H groups in total. The van der Waals surface area contributed by atoms with Gasteiger partial charge in [-0.15, -0.1) is 0 Å². The van der Waals surface area contributed by atoms with Gasteiger partial charge in [-0.05, 0) is 42.5 Å². The van der Waals surface area contributed by atoms with Crippen LogP contribution in [0.25, 0.3) is 0 Å². The second kappa shape index (κ2) is 5.58. The van der Waals surface area contributed by atoms with E-state index in [1.165, 1.54) is 31.4 Å². The third kappa shape index (κ3) is 3.25. The number of rotatable bonds is 4. The van der Waals surface area contributed by atoms with Crippen molar-refractivity contribution < 1.29 is 8.78 Å². The molecule has 0 radical (unpaired) electrons. The SMILES string of the molecule is CC1CCCC1CNCc1ccc(F)c(F)c1. The summed E-state index contributed by atoms with van der Waals surface area (Å²) in [5, 5.41) is 3.33. The van der Waals surface area contributed by atoms with Gasteiger partial charge in [-0.3, -0.25) is 0 Å². The quantitative estimate of drug-likeness (QED) is 0.848.